The van der Waals surface area contributed by atoms with E-state index in [2.05, 4.69) is 0 Å². The summed E-state index contributed by atoms with van der Waals surface area (Å²) in [4.78, 5) is 10.6. The van der Waals surface area contributed by atoms with Crippen molar-refractivity contribution in [1.82, 2.24) is 0 Å². The summed E-state index contributed by atoms with van der Waals surface area (Å²) in [7, 11) is 0. The molecule has 24 heavy (non-hydrogen) atoms. The third-order valence-corrected chi connectivity index (χ3v) is 4.00. The van der Waals surface area contributed by atoms with E-state index in [1.807, 2.05) is 19.9 Å². The van der Waals surface area contributed by atoms with Crippen LogP contribution in [0.4, 0.5) is 0 Å². The Morgan fingerprint density at radius 2 is 1.92 bits per heavy atom. The molecule has 0 amide bonds. The van der Waals surface area contributed by atoms with E-state index in [0.29, 0.717) is 6.42 Å². The lowest BCUT2D eigenvalue weighted by atomic mass is 9.99. The van der Waals surface area contributed by atoms with E-state index >= 15 is 0 Å². The van der Waals surface area contributed by atoms with Gasteiger partial charge in [-0.3, -0.25) is 4.79 Å². The van der Waals surface area contributed by atoms with Crippen molar-refractivity contribution in [3.63, 3.8) is 0 Å². The molecule has 0 aromatic heterocycles. The fourth-order valence-corrected chi connectivity index (χ4v) is 2.49. The lowest BCUT2D eigenvalue weighted by Gasteiger charge is -2.39. The molecule has 0 aliphatic carbocycles. The molecule has 0 aromatic carbocycles. The van der Waals surface area contributed by atoms with Gasteiger partial charge in [0.15, 0.2) is 6.29 Å². The molecule has 1 saturated heterocycles. The fourth-order valence-electron chi connectivity index (χ4n) is 2.49. The highest BCUT2D eigenvalue weighted by Crippen LogP contribution is 2.22. The van der Waals surface area contributed by atoms with Crippen LogP contribution in [0.1, 0.15) is 33.1 Å². The summed E-state index contributed by atoms with van der Waals surface area (Å²) in [5, 5.41) is 47.0. The van der Waals surface area contributed by atoms with Gasteiger partial charge >= 0.3 is 5.97 Å². The number of aliphatic hydroxyl groups is 4. The SMILES string of the molecule is C/C(=C\CC[C@@H](C)CC(=O)O)CO[C@@H]1O[C@H](CO)[C@@H](O)[C@H](O)[C@H]1O. The fraction of sp³-hybridized carbons (Fsp3) is 0.812. The van der Waals surface area contributed by atoms with Crippen LogP contribution in [-0.4, -0.2) is 75.4 Å². The number of hydrogen-bond donors (Lipinski definition) is 5. The van der Waals surface area contributed by atoms with Gasteiger partial charge in [0.25, 0.3) is 0 Å². The number of aliphatic carboxylic acids is 1. The van der Waals surface area contributed by atoms with Gasteiger partial charge in [0, 0.05) is 6.42 Å². The highest BCUT2D eigenvalue weighted by molar-refractivity contribution is 5.66. The summed E-state index contributed by atoms with van der Waals surface area (Å²) in [5.74, 6) is -0.730. The summed E-state index contributed by atoms with van der Waals surface area (Å²) in [6, 6.07) is 0. The summed E-state index contributed by atoms with van der Waals surface area (Å²) in [6.07, 6.45) is -2.91. The minimum atomic E-state index is -1.46. The van der Waals surface area contributed by atoms with Crippen LogP contribution in [0.2, 0.25) is 0 Å². The van der Waals surface area contributed by atoms with Gasteiger partial charge in [0.2, 0.25) is 0 Å². The topological polar surface area (TPSA) is 137 Å². The quantitative estimate of drug-likeness (QED) is 0.356. The van der Waals surface area contributed by atoms with Crippen LogP contribution in [0.25, 0.3) is 0 Å². The Hall–Kier alpha value is -1.03. The number of aliphatic hydroxyl groups excluding tert-OH is 4. The molecule has 140 valence electrons. The number of rotatable bonds is 9. The van der Waals surface area contributed by atoms with Gasteiger partial charge in [-0.2, -0.15) is 0 Å². The first kappa shape index (κ1) is 21.0. The van der Waals surface area contributed by atoms with Crippen molar-refractivity contribution < 1.29 is 39.8 Å². The Bertz CT molecular complexity index is 422. The van der Waals surface area contributed by atoms with Crippen LogP contribution < -0.4 is 0 Å². The molecule has 0 unspecified atom stereocenters. The Kier molecular flexibility index (Phi) is 8.82. The molecule has 1 aliphatic rings. The monoisotopic (exact) mass is 348 g/mol. The van der Waals surface area contributed by atoms with Gasteiger partial charge in [-0.15, -0.1) is 0 Å². The number of carboxylic acid groups (broad SMARTS) is 1. The molecule has 0 radical (unpaired) electrons. The molecular weight excluding hydrogens is 320 g/mol. The average Bonchev–Trinajstić information content (AvgIpc) is 2.51. The molecular formula is C16H28O8. The van der Waals surface area contributed by atoms with Gasteiger partial charge in [-0.25, -0.2) is 0 Å². The Morgan fingerprint density at radius 1 is 1.25 bits per heavy atom. The highest BCUT2D eigenvalue weighted by Gasteiger charge is 2.43. The van der Waals surface area contributed by atoms with Gasteiger partial charge in [-0.05, 0) is 25.7 Å². The van der Waals surface area contributed by atoms with Crippen molar-refractivity contribution in [3.05, 3.63) is 11.6 Å². The van der Waals surface area contributed by atoms with Gasteiger partial charge < -0.3 is 35.0 Å². The van der Waals surface area contributed by atoms with E-state index in [1.54, 1.807) is 0 Å². The normalized spacial score (nSPS) is 32.6. The highest BCUT2D eigenvalue weighted by atomic mass is 16.7. The van der Waals surface area contributed by atoms with Crippen LogP contribution >= 0.6 is 0 Å². The van der Waals surface area contributed by atoms with Crippen LogP contribution in [-0.2, 0) is 14.3 Å². The average molecular weight is 348 g/mol. The lowest BCUT2D eigenvalue weighted by molar-refractivity contribution is -0.299. The standard InChI is InChI=1S/C16H28O8/c1-9(6-12(18)19)4-3-5-10(2)8-23-16-15(22)14(21)13(20)11(7-17)24-16/h5,9,11,13-17,20-22H,3-4,6-8H2,1-2H3,(H,18,19)/b10-5+/t9-,11-,13-,14+,15-,16-/m1/s1. The lowest BCUT2D eigenvalue weighted by Crippen LogP contribution is -2.59. The van der Waals surface area contributed by atoms with Crippen LogP contribution in [0.5, 0.6) is 0 Å². The van der Waals surface area contributed by atoms with E-state index in [4.69, 9.17) is 19.7 Å². The van der Waals surface area contributed by atoms with Crippen LogP contribution in [0.3, 0.4) is 0 Å². The van der Waals surface area contributed by atoms with Crippen molar-refractivity contribution in [2.75, 3.05) is 13.2 Å². The Balaban J connectivity index is 2.41. The maximum atomic E-state index is 10.6. The number of carbonyl (C=O) groups is 1. The molecule has 6 atom stereocenters. The molecule has 8 heteroatoms. The second-order valence-electron chi connectivity index (χ2n) is 6.34. The zero-order valence-corrected chi connectivity index (χ0v) is 14.0. The molecule has 1 heterocycles. The predicted octanol–water partition coefficient (Wildman–Crippen LogP) is -0.360. The number of carboxylic acids is 1. The van der Waals surface area contributed by atoms with Crippen molar-refractivity contribution in [2.24, 2.45) is 5.92 Å². The Labute approximate surface area is 141 Å². The van der Waals surface area contributed by atoms with Gasteiger partial charge in [0.1, 0.15) is 24.4 Å². The van der Waals surface area contributed by atoms with Gasteiger partial charge in [0.05, 0.1) is 13.2 Å². The Morgan fingerprint density at radius 3 is 2.50 bits per heavy atom. The second-order valence-corrected chi connectivity index (χ2v) is 6.34. The van der Waals surface area contributed by atoms with Crippen molar-refractivity contribution >= 4 is 5.97 Å². The smallest absolute Gasteiger partial charge is 0.303 e. The first-order valence-electron chi connectivity index (χ1n) is 8.05. The van der Waals surface area contributed by atoms with E-state index in [1.165, 1.54) is 0 Å². The first-order valence-corrected chi connectivity index (χ1v) is 8.05. The largest absolute Gasteiger partial charge is 0.481 e. The minimum absolute atomic E-state index is 0.0814. The molecule has 8 nitrogen and oxygen atoms in total. The summed E-state index contributed by atoms with van der Waals surface area (Å²) in [6.45, 7) is 3.35. The molecule has 5 N–H and O–H groups in total. The van der Waals surface area contributed by atoms with Gasteiger partial charge in [-0.1, -0.05) is 18.6 Å². The summed E-state index contributed by atoms with van der Waals surface area (Å²) >= 11 is 0. The van der Waals surface area contributed by atoms with Crippen molar-refractivity contribution in [3.8, 4) is 0 Å². The number of hydrogen-bond acceptors (Lipinski definition) is 7. The molecule has 0 saturated carbocycles. The maximum Gasteiger partial charge on any atom is 0.303 e. The van der Waals surface area contributed by atoms with Crippen LogP contribution in [0.15, 0.2) is 11.6 Å². The molecule has 0 aromatic rings. The third kappa shape index (κ3) is 6.46. The number of allylic oxidation sites excluding steroid dienone is 1. The minimum Gasteiger partial charge on any atom is -0.481 e. The van der Waals surface area contributed by atoms with Crippen molar-refractivity contribution in [1.29, 1.82) is 0 Å². The van der Waals surface area contributed by atoms with E-state index in [0.717, 1.165) is 12.0 Å². The zero-order valence-electron chi connectivity index (χ0n) is 14.0. The third-order valence-electron chi connectivity index (χ3n) is 4.00. The predicted molar refractivity (Wildman–Crippen MR) is 84.1 cm³/mol. The van der Waals surface area contributed by atoms with Crippen molar-refractivity contribution in [2.45, 2.75) is 63.8 Å². The molecule has 1 aliphatic heterocycles. The van der Waals surface area contributed by atoms with E-state index in [9.17, 15) is 20.1 Å². The summed E-state index contributed by atoms with van der Waals surface area (Å²) in [5.41, 5.74) is 0.870. The first-order chi connectivity index (χ1) is 11.3. The molecule has 1 fully saturated rings. The van der Waals surface area contributed by atoms with E-state index in [-0.39, 0.29) is 18.9 Å². The molecule has 0 spiro atoms. The zero-order chi connectivity index (χ0) is 18.3. The summed E-state index contributed by atoms with van der Waals surface area (Å²) < 4.78 is 10.7. The second kappa shape index (κ2) is 10.1. The maximum absolute atomic E-state index is 10.6. The molecule has 0 bridgehead atoms. The van der Waals surface area contributed by atoms with E-state index < -0.39 is 43.3 Å². The van der Waals surface area contributed by atoms with Crippen LogP contribution in [0, 0.1) is 5.92 Å². The molecule has 1 rings (SSSR count). The number of ether oxygens (including phenoxy) is 2.